The molecular formula is C12H18N2. The van der Waals surface area contributed by atoms with E-state index in [1.807, 2.05) is 24.4 Å². The molecule has 0 radical (unpaired) electrons. The molecule has 0 fully saturated rings. The summed E-state index contributed by atoms with van der Waals surface area (Å²) < 4.78 is 0. The van der Waals surface area contributed by atoms with Gasteiger partial charge in [0.2, 0.25) is 0 Å². The minimum absolute atomic E-state index is 0.874. The van der Waals surface area contributed by atoms with Gasteiger partial charge in [0.1, 0.15) is 0 Å². The van der Waals surface area contributed by atoms with Crippen LogP contribution in [0, 0.1) is 0 Å². The number of hydrogen-bond donors (Lipinski definition) is 0. The molecule has 1 rings (SSSR count). The Morgan fingerprint density at radius 2 is 2.00 bits per heavy atom. The van der Waals surface area contributed by atoms with Gasteiger partial charge in [0.05, 0.1) is 6.54 Å². The average molecular weight is 190 g/mol. The van der Waals surface area contributed by atoms with Crippen molar-refractivity contribution in [2.75, 3.05) is 26.7 Å². The van der Waals surface area contributed by atoms with Gasteiger partial charge in [-0.3, -0.25) is 4.99 Å². The monoisotopic (exact) mass is 190 g/mol. The smallest absolute Gasteiger partial charge is 0.0516 e. The van der Waals surface area contributed by atoms with E-state index >= 15 is 0 Å². The molecule has 0 saturated heterocycles. The lowest BCUT2D eigenvalue weighted by atomic mass is 10.2. The lowest BCUT2D eigenvalue weighted by Crippen LogP contribution is -2.20. The van der Waals surface area contributed by atoms with Crippen molar-refractivity contribution in [3.05, 3.63) is 35.9 Å². The molecule has 0 aliphatic rings. The Kier molecular flexibility index (Phi) is 4.94. The number of rotatable bonds is 5. The highest BCUT2D eigenvalue weighted by Crippen LogP contribution is 1.93. The van der Waals surface area contributed by atoms with Crippen LogP contribution >= 0.6 is 0 Å². The van der Waals surface area contributed by atoms with Crippen molar-refractivity contribution in [2.24, 2.45) is 4.99 Å². The van der Waals surface area contributed by atoms with Gasteiger partial charge in [-0.2, -0.15) is 0 Å². The van der Waals surface area contributed by atoms with Gasteiger partial charge in [-0.15, -0.1) is 0 Å². The molecular weight excluding hydrogens is 172 g/mol. The highest BCUT2D eigenvalue weighted by molar-refractivity contribution is 5.79. The highest BCUT2D eigenvalue weighted by atomic mass is 15.1. The van der Waals surface area contributed by atoms with Crippen LogP contribution in [-0.2, 0) is 0 Å². The highest BCUT2D eigenvalue weighted by Gasteiger charge is 1.90. The van der Waals surface area contributed by atoms with Crippen molar-refractivity contribution in [2.45, 2.75) is 6.92 Å². The minimum Gasteiger partial charge on any atom is -0.305 e. The molecule has 2 nitrogen and oxygen atoms in total. The Hall–Kier alpha value is -1.15. The molecule has 2 heteroatoms. The van der Waals surface area contributed by atoms with E-state index in [1.54, 1.807) is 0 Å². The summed E-state index contributed by atoms with van der Waals surface area (Å²) in [7, 11) is 2.11. The standard InChI is InChI=1S/C12H18N2/c1-3-14(2)10-9-13-11-12-7-5-4-6-8-12/h4-8,11H,3,9-10H2,1-2H3/b13-11+. The van der Waals surface area contributed by atoms with Crippen molar-refractivity contribution in [3.63, 3.8) is 0 Å². The molecule has 0 unspecified atom stereocenters. The molecule has 0 heterocycles. The molecule has 0 amide bonds. The first-order valence-electron chi connectivity index (χ1n) is 5.06. The van der Waals surface area contributed by atoms with Gasteiger partial charge in [-0.1, -0.05) is 37.3 Å². The molecule has 76 valence electrons. The van der Waals surface area contributed by atoms with Crippen LogP contribution in [0.1, 0.15) is 12.5 Å². The Bertz CT molecular complexity index is 267. The predicted octanol–water partition coefficient (Wildman–Crippen LogP) is 2.06. The quantitative estimate of drug-likeness (QED) is 0.649. The van der Waals surface area contributed by atoms with E-state index in [-0.39, 0.29) is 0 Å². The second kappa shape index (κ2) is 6.33. The minimum atomic E-state index is 0.874. The third-order valence-electron chi connectivity index (χ3n) is 2.19. The van der Waals surface area contributed by atoms with Crippen LogP contribution in [-0.4, -0.2) is 37.8 Å². The summed E-state index contributed by atoms with van der Waals surface area (Å²) in [5, 5.41) is 0. The van der Waals surface area contributed by atoms with Gasteiger partial charge in [0, 0.05) is 12.8 Å². The number of likely N-dealkylation sites (N-methyl/N-ethyl adjacent to an activating group) is 1. The zero-order chi connectivity index (χ0) is 10.2. The average Bonchev–Trinajstić information content (AvgIpc) is 2.25. The van der Waals surface area contributed by atoms with Gasteiger partial charge >= 0.3 is 0 Å². The molecule has 14 heavy (non-hydrogen) atoms. The van der Waals surface area contributed by atoms with Crippen LogP contribution in [0.15, 0.2) is 35.3 Å². The summed E-state index contributed by atoms with van der Waals surface area (Å²) in [5.41, 5.74) is 1.17. The number of aliphatic imine (C=N–C) groups is 1. The topological polar surface area (TPSA) is 15.6 Å². The molecule has 1 aromatic carbocycles. The molecule has 0 saturated carbocycles. The van der Waals surface area contributed by atoms with Gasteiger partial charge in [-0.05, 0) is 19.2 Å². The summed E-state index contributed by atoms with van der Waals surface area (Å²) in [6.07, 6.45) is 1.93. The molecule has 0 spiro atoms. The van der Waals surface area contributed by atoms with Gasteiger partial charge in [0.15, 0.2) is 0 Å². The number of hydrogen-bond acceptors (Lipinski definition) is 2. The van der Waals surface area contributed by atoms with Crippen molar-refractivity contribution >= 4 is 6.21 Å². The van der Waals surface area contributed by atoms with E-state index in [4.69, 9.17) is 0 Å². The molecule has 0 aliphatic heterocycles. The van der Waals surface area contributed by atoms with Crippen LogP contribution < -0.4 is 0 Å². The molecule has 1 aromatic rings. The Morgan fingerprint density at radius 3 is 2.64 bits per heavy atom. The summed E-state index contributed by atoms with van der Waals surface area (Å²) in [4.78, 5) is 6.62. The van der Waals surface area contributed by atoms with Crippen molar-refractivity contribution in [1.82, 2.24) is 4.90 Å². The van der Waals surface area contributed by atoms with E-state index in [2.05, 4.69) is 36.0 Å². The van der Waals surface area contributed by atoms with Crippen LogP contribution in [0.4, 0.5) is 0 Å². The lowest BCUT2D eigenvalue weighted by molar-refractivity contribution is 0.363. The van der Waals surface area contributed by atoms with Gasteiger partial charge in [-0.25, -0.2) is 0 Å². The van der Waals surface area contributed by atoms with Crippen LogP contribution in [0.5, 0.6) is 0 Å². The summed E-state index contributed by atoms with van der Waals surface area (Å²) in [6.45, 7) is 5.14. The van der Waals surface area contributed by atoms with Gasteiger partial charge < -0.3 is 4.90 Å². The predicted molar refractivity (Wildman–Crippen MR) is 62.1 cm³/mol. The zero-order valence-corrected chi connectivity index (χ0v) is 8.98. The van der Waals surface area contributed by atoms with E-state index in [0.717, 1.165) is 19.6 Å². The third-order valence-corrected chi connectivity index (χ3v) is 2.19. The first-order valence-corrected chi connectivity index (χ1v) is 5.06. The Balaban J connectivity index is 2.28. The van der Waals surface area contributed by atoms with E-state index in [0.29, 0.717) is 0 Å². The third kappa shape index (κ3) is 4.19. The molecule has 0 bridgehead atoms. The van der Waals surface area contributed by atoms with Crippen LogP contribution in [0.3, 0.4) is 0 Å². The fourth-order valence-corrected chi connectivity index (χ4v) is 1.10. The number of benzene rings is 1. The van der Waals surface area contributed by atoms with Crippen LogP contribution in [0.2, 0.25) is 0 Å². The maximum Gasteiger partial charge on any atom is 0.0516 e. The van der Waals surface area contributed by atoms with E-state index < -0.39 is 0 Å². The number of nitrogens with zero attached hydrogens (tertiary/aromatic N) is 2. The normalized spacial score (nSPS) is 11.4. The van der Waals surface area contributed by atoms with Crippen molar-refractivity contribution in [3.8, 4) is 0 Å². The fraction of sp³-hybridized carbons (Fsp3) is 0.417. The molecule has 0 N–H and O–H groups in total. The largest absolute Gasteiger partial charge is 0.305 e. The Labute approximate surface area is 86.3 Å². The van der Waals surface area contributed by atoms with E-state index in [1.165, 1.54) is 5.56 Å². The first kappa shape index (κ1) is 10.9. The van der Waals surface area contributed by atoms with Crippen molar-refractivity contribution < 1.29 is 0 Å². The summed E-state index contributed by atoms with van der Waals surface area (Å²) in [6, 6.07) is 10.2. The fourth-order valence-electron chi connectivity index (χ4n) is 1.10. The Morgan fingerprint density at radius 1 is 1.29 bits per heavy atom. The van der Waals surface area contributed by atoms with Gasteiger partial charge in [0.25, 0.3) is 0 Å². The molecule has 0 atom stereocenters. The zero-order valence-electron chi connectivity index (χ0n) is 8.98. The lowest BCUT2D eigenvalue weighted by Gasteiger charge is -2.10. The van der Waals surface area contributed by atoms with Crippen molar-refractivity contribution in [1.29, 1.82) is 0 Å². The second-order valence-corrected chi connectivity index (χ2v) is 3.34. The first-order chi connectivity index (χ1) is 6.83. The summed E-state index contributed by atoms with van der Waals surface area (Å²) >= 11 is 0. The maximum absolute atomic E-state index is 4.36. The van der Waals surface area contributed by atoms with Crippen LogP contribution in [0.25, 0.3) is 0 Å². The van der Waals surface area contributed by atoms with E-state index in [9.17, 15) is 0 Å². The summed E-state index contributed by atoms with van der Waals surface area (Å²) in [5.74, 6) is 0. The molecule has 0 aromatic heterocycles. The SMILES string of the molecule is CCN(C)CC/N=C/c1ccccc1. The second-order valence-electron chi connectivity index (χ2n) is 3.34. The molecule has 0 aliphatic carbocycles. The maximum atomic E-state index is 4.36.